The van der Waals surface area contributed by atoms with Crippen molar-refractivity contribution in [3.8, 4) is 0 Å². The number of Topliss-reactive ketones (excluding diaryl/α,β-unsaturated/α-hetero) is 1. The van der Waals surface area contributed by atoms with Crippen LogP contribution < -0.4 is 0 Å². The molecule has 1 heterocycles. The summed E-state index contributed by atoms with van der Waals surface area (Å²) in [6, 6.07) is 6.43. The topological polar surface area (TPSA) is 66.8 Å². The van der Waals surface area contributed by atoms with Crippen LogP contribution in [0.2, 0.25) is 6.82 Å². The summed E-state index contributed by atoms with van der Waals surface area (Å²) in [5.74, 6) is -0.684. The highest BCUT2D eigenvalue weighted by Crippen LogP contribution is 2.19. The first-order valence-corrected chi connectivity index (χ1v) is 7.67. The Labute approximate surface area is 132 Å². The van der Waals surface area contributed by atoms with Gasteiger partial charge in [-0.15, -0.1) is 0 Å². The highest BCUT2D eigenvalue weighted by atomic mass is 79.9. The molecule has 0 saturated carbocycles. The number of hydrogen-bond donors (Lipinski definition) is 1. The molecule has 1 aliphatic heterocycles. The Hall–Kier alpha value is -1.18. The van der Waals surface area contributed by atoms with E-state index in [2.05, 4.69) is 15.9 Å². The molecule has 0 radical (unpaired) electrons. The maximum atomic E-state index is 12.0. The minimum atomic E-state index is -0.688. The van der Waals surface area contributed by atoms with Crippen LogP contribution in [0.3, 0.4) is 0 Å². The molecule has 112 valence electrons. The first kappa shape index (κ1) is 16.2. The molecule has 5 nitrogen and oxygen atoms in total. The van der Waals surface area contributed by atoms with E-state index in [9.17, 15) is 14.6 Å². The van der Waals surface area contributed by atoms with Crippen molar-refractivity contribution in [2.24, 2.45) is 0 Å². The van der Waals surface area contributed by atoms with Gasteiger partial charge in [-0.2, -0.15) is 0 Å². The quantitative estimate of drug-likeness (QED) is 0.496. The van der Waals surface area contributed by atoms with Crippen molar-refractivity contribution in [3.05, 3.63) is 34.3 Å². The third kappa shape index (κ3) is 4.15. The summed E-state index contributed by atoms with van der Waals surface area (Å²) < 4.78 is 5.98. The Balaban J connectivity index is 1.89. The van der Waals surface area contributed by atoms with Gasteiger partial charge >= 0.3 is 13.0 Å². The molecule has 2 rings (SSSR count). The van der Waals surface area contributed by atoms with E-state index in [0.29, 0.717) is 18.5 Å². The maximum absolute atomic E-state index is 12.0. The first-order chi connectivity index (χ1) is 9.99. The van der Waals surface area contributed by atoms with E-state index in [1.165, 1.54) is 0 Å². The van der Waals surface area contributed by atoms with Gasteiger partial charge in [0.15, 0.2) is 12.4 Å². The van der Waals surface area contributed by atoms with Crippen molar-refractivity contribution in [1.82, 2.24) is 4.81 Å². The lowest BCUT2D eigenvalue weighted by Crippen LogP contribution is -2.45. The lowest BCUT2D eigenvalue weighted by Gasteiger charge is -2.23. The number of nitrogens with zero attached hydrogens (tertiary/aromatic N) is 1. The van der Waals surface area contributed by atoms with Gasteiger partial charge in [0.2, 0.25) is 0 Å². The van der Waals surface area contributed by atoms with Crippen LogP contribution in [0.4, 0.5) is 0 Å². The zero-order chi connectivity index (χ0) is 15.4. The molecule has 1 aromatic rings. The van der Waals surface area contributed by atoms with E-state index in [1.807, 2.05) is 0 Å². The van der Waals surface area contributed by atoms with E-state index < -0.39 is 19.1 Å². The number of hydrogen-bond acceptors (Lipinski definition) is 5. The number of ether oxygens (including phenoxy) is 1. The van der Waals surface area contributed by atoms with Crippen LogP contribution in [0.15, 0.2) is 28.7 Å². The van der Waals surface area contributed by atoms with Crippen LogP contribution in [0.1, 0.15) is 23.2 Å². The fourth-order valence-corrected chi connectivity index (χ4v) is 2.71. The molecule has 1 atom stereocenters. The molecule has 21 heavy (non-hydrogen) atoms. The van der Waals surface area contributed by atoms with Crippen molar-refractivity contribution in [3.63, 3.8) is 0 Å². The minimum absolute atomic E-state index is 0.238. The Morgan fingerprint density at radius 1 is 1.43 bits per heavy atom. The van der Waals surface area contributed by atoms with Gasteiger partial charge in [-0.25, -0.2) is 0 Å². The summed E-state index contributed by atoms with van der Waals surface area (Å²) in [5, 5.41) is 9.60. The van der Waals surface area contributed by atoms with Gasteiger partial charge in [-0.3, -0.25) is 9.59 Å². The third-order valence-corrected chi connectivity index (χ3v) is 4.09. The molecule has 0 aliphatic carbocycles. The summed E-state index contributed by atoms with van der Waals surface area (Å²) in [7, 11) is -0.688. The van der Waals surface area contributed by atoms with Crippen LogP contribution >= 0.6 is 15.9 Å². The Kier molecular flexibility index (Phi) is 5.55. The number of esters is 1. The Morgan fingerprint density at radius 2 is 2.10 bits per heavy atom. The average Bonchev–Trinajstić information content (AvgIpc) is 2.95. The number of ketones is 1. The fourth-order valence-electron chi connectivity index (χ4n) is 2.44. The normalized spacial score (nSPS) is 18.5. The lowest BCUT2D eigenvalue weighted by atomic mass is 9.84. The molecular weight excluding hydrogens is 337 g/mol. The zero-order valence-electron chi connectivity index (χ0n) is 11.8. The maximum Gasteiger partial charge on any atom is 0.377 e. The second-order valence-electron chi connectivity index (χ2n) is 5.07. The van der Waals surface area contributed by atoms with Crippen molar-refractivity contribution in [1.29, 1.82) is 0 Å². The summed E-state index contributed by atoms with van der Waals surface area (Å²) >= 11 is 3.30. The van der Waals surface area contributed by atoms with E-state index in [4.69, 9.17) is 4.74 Å². The molecule has 1 fully saturated rings. The van der Waals surface area contributed by atoms with Gasteiger partial charge in [0, 0.05) is 10.0 Å². The van der Waals surface area contributed by atoms with Gasteiger partial charge in [0.05, 0.1) is 0 Å². The standard InChI is InChI=1S/C14H17BBrNO4/c1-15(20)17-8-2-3-12(17)14(19)21-9-13(18)10-4-6-11(16)7-5-10/h4-7,12,20H,2-3,8-9H2,1H3/t12-/m0/s1. The lowest BCUT2D eigenvalue weighted by molar-refractivity contribution is -0.146. The highest BCUT2D eigenvalue weighted by molar-refractivity contribution is 9.10. The SMILES string of the molecule is CB(O)N1CCC[C@H]1C(=O)OCC(=O)c1ccc(Br)cc1. The average molecular weight is 354 g/mol. The zero-order valence-corrected chi connectivity index (χ0v) is 13.4. The van der Waals surface area contributed by atoms with Crippen molar-refractivity contribution < 1.29 is 19.3 Å². The smallest absolute Gasteiger partial charge is 0.377 e. The fraction of sp³-hybridized carbons (Fsp3) is 0.429. The number of carbonyl (C=O) groups is 2. The molecule has 0 spiro atoms. The number of rotatable bonds is 5. The minimum Gasteiger partial charge on any atom is -0.456 e. The summed E-state index contributed by atoms with van der Waals surface area (Å²) in [5.41, 5.74) is 0.504. The molecule has 1 aromatic carbocycles. The van der Waals surface area contributed by atoms with Gasteiger partial charge < -0.3 is 14.6 Å². The van der Waals surface area contributed by atoms with Gasteiger partial charge in [-0.1, -0.05) is 28.1 Å². The Bertz CT molecular complexity index is 520. The molecule has 0 bridgehead atoms. The van der Waals surface area contributed by atoms with Crippen molar-refractivity contribution in [2.75, 3.05) is 13.2 Å². The molecule has 1 saturated heterocycles. The second kappa shape index (κ2) is 7.20. The molecule has 0 unspecified atom stereocenters. The number of halogens is 1. The summed E-state index contributed by atoms with van der Waals surface area (Å²) in [4.78, 5) is 25.6. The molecular formula is C14H17BBrNO4. The molecule has 1 N–H and O–H groups in total. The highest BCUT2D eigenvalue weighted by Gasteiger charge is 2.36. The van der Waals surface area contributed by atoms with E-state index in [1.54, 1.807) is 35.9 Å². The predicted octanol–water partition coefficient (Wildman–Crippen LogP) is 1.75. The summed E-state index contributed by atoms with van der Waals surface area (Å²) in [6.45, 7) is 2.02. The van der Waals surface area contributed by atoms with Crippen LogP contribution in [-0.4, -0.2) is 47.8 Å². The van der Waals surface area contributed by atoms with Crippen LogP contribution in [0, 0.1) is 0 Å². The van der Waals surface area contributed by atoms with Crippen molar-refractivity contribution >= 4 is 34.7 Å². The first-order valence-electron chi connectivity index (χ1n) is 6.88. The van der Waals surface area contributed by atoms with Crippen molar-refractivity contribution in [2.45, 2.75) is 25.7 Å². The van der Waals surface area contributed by atoms with Gasteiger partial charge in [0.1, 0.15) is 6.04 Å². The number of carbonyl (C=O) groups excluding carboxylic acids is 2. The second-order valence-corrected chi connectivity index (χ2v) is 5.98. The molecule has 0 aromatic heterocycles. The van der Waals surface area contributed by atoms with Crippen LogP contribution in [0.5, 0.6) is 0 Å². The van der Waals surface area contributed by atoms with Gasteiger partial charge in [-0.05, 0) is 38.3 Å². The summed E-state index contributed by atoms with van der Waals surface area (Å²) in [6.07, 6.45) is 1.49. The molecule has 7 heteroatoms. The number of benzene rings is 1. The largest absolute Gasteiger partial charge is 0.456 e. The van der Waals surface area contributed by atoms with E-state index in [-0.39, 0.29) is 12.4 Å². The third-order valence-electron chi connectivity index (χ3n) is 3.56. The molecule has 1 aliphatic rings. The van der Waals surface area contributed by atoms with Crippen LogP contribution in [-0.2, 0) is 9.53 Å². The Morgan fingerprint density at radius 3 is 2.71 bits per heavy atom. The van der Waals surface area contributed by atoms with E-state index >= 15 is 0 Å². The van der Waals surface area contributed by atoms with Crippen LogP contribution in [0.25, 0.3) is 0 Å². The monoisotopic (exact) mass is 353 g/mol. The van der Waals surface area contributed by atoms with Gasteiger partial charge in [0.25, 0.3) is 0 Å². The predicted molar refractivity (Wildman–Crippen MR) is 83.0 cm³/mol. The molecule has 0 amide bonds. The van der Waals surface area contributed by atoms with E-state index in [0.717, 1.165) is 10.9 Å².